The second-order valence-electron chi connectivity index (χ2n) is 2.77. The first-order chi connectivity index (χ1) is 6.79. The van der Waals surface area contributed by atoms with Crippen LogP contribution in [0.15, 0.2) is 34.9 Å². The standard InChI is InChI=1S/C11H6N2O/c1-8-3-2-4-9(5-8)11-13-7-10(6-12)14-11/h1-5,7H. The molecule has 0 aliphatic heterocycles. The third-order valence-electron chi connectivity index (χ3n) is 1.75. The van der Waals surface area contributed by atoms with Gasteiger partial charge < -0.3 is 4.42 Å². The van der Waals surface area contributed by atoms with Crippen molar-refractivity contribution in [1.29, 1.82) is 5.26 Å². The van der Waals surface area contributed by atoms with Crippen LogP contribution in [-0.2, 0) is 0 Å². The first kappa shape index (κ1) is 8.52. The monoisotopic (exact) mass is 182 g/mol. The lowest BCUT2D eigenvalue weighted by Crippen LogP contribution is -1.77. The Morgan fingerprint density at radius 3 is 2.93 bits per heavy atom. The van der Waals surface area contributed by atoms with Gasteiger partial charge in [-0.25, -0.2) is 4.98 Å². The molecule has 0 saturated carbocycles. The molecule has 2 rings (SSSR count). The van der Waals surface area contributed by atoms with Gasteiger partial charge in [-0.2, -0.15) is 5.26 Å². The van der Waals surface area contributed by atoms with E-state index < -0.39 is 0 Å². The van der Waals surface area contributed by atoms with E-state index in [-0.39, 0.29) is 5.76 Å². The van der Waals surface area contributed by atoms with Crippen molar-refractivity contribution in [3.63, 3.8) is 0 Å². The molecule has 0 N–H and O–H groups in total. The van der Waals surface area contributed by atoms with Crippen LogP contribution in [0, 0.1) is 18.3 Å². The van der Waals surface area contributed by atoms with Crippen LogP contribution in [0.2, 0.25) is 0 Å². The third-order valence-corrected chi connectivity index (χ3v) is 1.75. The molecule has 1 heterocycles. The smallest absolute Gasteiger partial charge is 0.227 e. The van der Waals surface area contributed by atoms with Gasteiger partial charge in [-0.15, -0.1) is 0 Å². The molecule has 2 radical (unpaired) electrons. The van der Waals surface area contributed by atoms with Gasteiger partial charge in [0.25, 0.3) is 0 Å². The Morgan fingerprint density at radius 1 is 1.43 bits per heavy atom. The van der Waals surface area contributed by atoms with E-state index in [1.165, 1.54) is 6.20 Å². The molecular formula is C11H6N2O. The zero-order valence-corrected chi connectivity index (χ0v) is 7.27. The van der Waals surface area contributed by atoms with Gasteiger partial charge in [0.15, 0.2) is 0 Å². The van der Waals surface area contributed by atoms with Crippen molar-refractivity contribution in [2.75, 3.05) is 0 Å². The van der Waals surface area contributed by atoms with E-state index in [9.17, 15) is 0 Å². The first-order valence-corrected chi connectivity index (χ1v) is 4.01. The van der Waals surface area contributed by atoms with E-state index >= 15 is 0 Å². The molecule has 0 aliphatic rings. The number of nitriles is 1. The molecule has 0 amide bonds. The van der Waals surface area contributed by atoms with Crippen molar-refractivity contribution in [3.8, 4) is 17.5 Å². The summed E-state index contributed by atoms with van der Waals surface area (Å²) in [5, 5.41) is 8.54. The van der Waals surface area contributed by atoms with Crippen molar-refractivity contribution in [1.82, 2.24) is 4.98 Å². The molecule has 3 heteroatoms. The fourth-order valence-electron chi connectivity index (χ4n) is 1.13. The van der Waals surface area contributed by atoms with Crippen LogP contribution < -0.4 is 0 Å². The molecule has 3 nitrogen and oxygen atoms in total. The molecule has 0 saturated heterocycles. The largest absolute Gasteiger partial charge is 0.426 e. The molecule has 0 atom stereocenters. The lowest BCUT2D eigenvalue weighted by molar-refractivity contribution is 0.560. The number of hydrogen-bond donors (Lipinski definition) is 0. The highest BCUT2D eigenvalue weighted by Gasteiger charge is 2.05. The summed E-state index contributed by atoms with van der Waals surface area (Å²) in [7, 11) is 0. The molecule has 0 unspecified atom stereocenters. The predicted octanol–water partition coefficient (Wildman–Crippen LogP) is 2.27. The maximum atomic E-state index is 8.54. The van der Waals surface area contributed by atoms with Gasteiger partial charge in [0.2, 0.25) is 11.7 Å². The Balaban J connectivity index is 2.45. The molecule has 0 bridgehead atoms. The minimum Gasteiger partial charge on any atom is -0.426 e. The summed E-state index contributed by atoms with van der Waals surface area (Å²) in [6.45, 7) is 5.60. The van der Waals surface area contributed by atoms with Gasteiger partial charge in [0.05, 0.1) is 6.20 Å². The van der Waals surface area contributed by atoms with Crippen LogP contribution in [0.25, 0.3) is 11.5 Å². The van der Waals surface area contributed by atoms with Crippen molar-refractivity contribution in [3.05, 3.63) is 48.7 Å². The van der Waals surface area contributed by atoms with Gasteiger partial charge >= 0.3 is 0 Å². The minimum absolute atomic E-state index is 0.197. The normalized spacial score (nSPS) is 9.71. The molecule has 1 aromatic heterocycles. The van der Waals surface area contributed by atoms with Crippen molar-refractivity contribution in [2.24, 2.45) is 0 Å². The van der Waals surface area contributed by atoms with E-state index in [0.29, 0.717) is 11.5 Å². The highest BCUT2D eigenvalue weighted by molar-refractivity contribution is 5.55. The lowest BCUT2D eigenvalue weighted by Gasteiger charge is -1.95. The number of aromatic nitrogens is 1. The fraction of sp³-hybridized carbons (Fsp3) is 0. The Hall–Kier alpha value is -2.08. The van der Waals surface area contributed by atoms with Crippen molar-refractivity contribution >= 4 is 0 Å². The molecule has 0 spiro atoms. The number of benzene rings is 1. The number of oxazole rings is 1. The summed E-state index contributed by atoms with van der Waals surface area (Å²) >= 11 is 0. The highest BCUT2D eigenvalue weighted by atomic mass is 16.4. The maximum absolute atomic E-state index is 8.54. The molecule has 0 fully saturated rings. The lowest BCUT2D eigenvalue weighted by atomic mass is 10.1. The molecule has 2 aromatic rings. The van der Waals surface area contributed by atoms with Crippen molar-refractivity contribution < 1.29 is 4.42 Å². The van der Waals surface area contributed by atoms with E-state index in [2.05, 4.69) is 4.98 Å². The van der Waals surface area contributed by atoms with Crippen LogP contribution >= 0.6 is 0 Å². The summed E-state index contributed by atoms with van der Waals surface area (Å²) in [5.41, 5.74) is 1.41. The second kappa shape index (κ2) is 3.35. The van der Waals surface area contributed by atoms with Gasteiger partial charge in [0.1, 0.15) is 6.07 Å². The fourth-order valence-corrected chi connectivity index (χ4v) is 1.13. The number of hydrogen-bond acceptors (Lipinski definition) is 3. The Labute approximate surface area is 81.6 Å². The van der Waals surface area contributed by atoms with E-state index in [1.807, 2.05) is 12.1 Å². The number of nitrogens with zero attached hydrogens (tertiary/aromatic N) is 2. The van der Waals surface area contributed by atoms with Gasteiger partial charge in [-0.3, -0.25) is 0 Å². The quantitative estimate of drug-likeness (QED) is 0.679. The maximum Gasteiger partial charge on any atom is 0.227 e. The zero-order chi connectivity index (χ0) is 9.97. The number of rotatable bonds is 1. The molecular weight excluding hydrogens is 176 g/mol. The van der Waals surface area contributed by atoms with Gasteiger partial charge in [-0.05, 0) is 24.6 Å². The summed E-state index contributed by atoms with van der Waals surface area (Å²) in [6, 6.07) is 9.02. The first-order valence-electron chi connectivity index (χ1n) is 4.01. The Kier molecular flexibility index (Phi) is 2.04. The van der Waals surface area contributed by atoms with Crippen LogP contribution in [0.5, 0.6) is 0 Å². The van der Waals surface area contributed by atoms with Gasteiger partial charge in [-0.1, -0.05) is 12.1 Å². The Morgan fingerprint density at radius 2 is 2.29 bits per heavy atom. The van der Waals surface area contributed by atoms with Crippen LogP contribution in [0.3, 0.4) is 0 Å². The van der Waals surface area contributed by atoms with E-state index in [0.717, 1.165) is 5.56 Å². The molecule has 14 heavy (non-hydrogen) atoms. The second-order valence-corrected chi connectivity index (χ2v) is 2.77. The van der Waals surface area contributed by atoms with E-state index in [1.54, 1.807) is 18.2 Å². The predicted molar refractivity (Wildman–Crippen MR) is 50.1 cm³/mol. The average molecular weight is 182 g/mol. The summed E-state index contributed by atoms with van der Waals surface area (Å²) in [6.07, 6.45) is 1.39. The van der Waals surface area contributed by atoms with Gasteiger partial charge in [0, 0.05) is 5.56 Å². The topological polar surface area (TPSA) is 49.8 Å². The summed E-state index contributed by atoms with van der Waals surface area (Å²) < 4.78 is 5.15. The Bertz CT molecular complexity index is 494. The third kappa shape index (κ3) is 1.50. The minimum atomic E-state index is 0.197. The van der Waals surface area contributed by atoms with Crippen LogP contribution in [0.4, 0.5) is 0 Å². The summed E-state index contributed by atoms with van der Waals surface area (Å²) in [5.74, 6) is 0.608. The summed E-state index contributed by atoms with van der Waals surface area (Å²) in [4.78, 5) is 3.95. The van der Waals surface area contributed by atoms with Crippen molar-refractivity contribution in [2.45, 2.75) is 0 Å². The highest BCUT2D eigenvalue weighted by Crippen LogP contribution is 2.19. The zero-order valence-electron chi connectivity index (χ0n) is 7.27. The average Bonchev–Trinajstić information content (AvgIpc) is 2.66. The van der Waals surface area contributed by atoms with Crippen LogP contribution in [-0.4, -0.2) is 4.98 Å². The SMILES string of the molecule is [CH]c1cccc(-c2ncc(C#N)o2)c1. The molecule has 66 valence electrons. The molecule has 0 aliphatic carbocycles. The van der Waals surface area contributed by atoms with E-state index in [4.69, 9.17) is 16.6 Å². The molecule has 1 aromatic carbocycles. The van der Waals surface area contributed by atoms with Crippen LogP contribution in [0.1, 0.15) is 11.3 Å².